The summed E-state index contributed by atoms with van der Waals surface area (Å²) in [6, 6.07) is 10.4. The van der Waals surface area contributed by atoms with Crippen molar-refractivity contribution in [3.05, 3.63) is 80.9 Å². The number of benzene rings is 2. The molecule has 2 aromatic carbocycles. The Morgan fingerprint density at radius 3 is 1.83 bits per heavy atom. The number of halogens is 2. The number of rotatable bonds is 9. The first kappa shape index (κ1) is 37.8. The quantitative estimate of drug-likeness (QED) is 0.181. The third-order valence-electron chi connectivity index (χ3n) is 9.30. The Morgan fingerprint density at radius 2 is 1.32 bits per heavy atom. The maximum absolute atomic E-state index is 13.6. The lowest BCUT2D eigenvalue weighted by molar-refractivity contribution is -0.137. The molecular formula is C37H42Cl2N8O6. The number of nitrogens with zero attached hydrogens (tertiary/aromatic N) is 6. The molecule has 3 amide bonds. The van der Waals surface area contributed by atoms with E-state index in [1.54, 1.807) is 64.5 Å². The van der Waals surface area contributed by atoms with Crippen LogP contribution >= 0.6 is 23.2 Å². The minimum Gasteiger partial charge on any atom is -0.481 e. The van der Waals surface area contributed by atoms with E-state index in [2.05, 4.69) is 25.5 Å². The van der Waals surface area contributed by atoms with E-state index in [0.717, 1.165) is 23.6 Å². The lowest BCUT2D eigenvalue weighted by Crippen LogP contribution is -2.40. The largest absolute Gasteiger partial charge is 0.481 e. The van der Waals surface area contributed by atoms with Crippen molar-refractivity contribution in [3.8, 4) is 11.1 Å². The SMILES string of the molecule is Cn1c(C(=O)Nc2cccc(-c3cccc(NC(=O)c4nc5c(n4C)CCN(C(=O)OC(C)(C)C)C5)c3Cl)c2Cl)nc2c1CCN(CCCC(=O)O)C2. The topological polar surface area (TPSA) is 164 Å². The molecule has 0 aliphatic carbocycles. The lowest BCUT2D eigenvalue weighted by Gasteiger charge is -2.29. The van der Waals surface area contributed by atoms with Crippen molar-refractivity contribution in [3.63, 3.8) is 0 Å². The minimum atomic E-state index is -0.820. The van der Waals surface area contributed by atoms with Crippen LogP contribution in [0.15, 0.2) is 36.4 Å². The predicted molar refractivity (Wildman–Crippen MR) is 200 cm³/mol. The Morgan fingerprint density at radius 1 is 0.811 bits per heavy atom. The maximum Gasteiger partial charge on any atom is 0.410 e. The van der Waals surface area contributed by atoms with Crippen molar-refractivity contribution < 1.29 is 29.0 Å². The average molecular weight is 766 g/mol. The predicted octanol–water partition coefficient (Wildman–Crippen LogP) is 6.15. The summed E-state index contributed by atoms with van der Waals surface area (Å²) in [7, 11) is 3.57. The van der Waals surface area contributed by atoms with Gasteiger partial charge in [0.05, 0.1) is 39.4 Å². The molecule has 2 aliphatic heterocycles. The van der Waals surface area contributed by atoms with Crippen molar-refractivity contribution in [1.29, 1.82) is 0 Å². The Hall–Kier alpha value is -4.92. The molecule has 53 heavy (non-hydrogen) atoms. The van der Waals surface area contributed by atoms with Gasteiger partial charge in [-0.25, -0.2) is 14.8 Å². The van der Waals surface area contributed by atoms with E-state index in [9.17, 15) is 19.2 Å². The van der Waals surface area contributed by atoms with Gasteiger partial charge in [0.25, 0.3) is 11.8 Å². The van der Waals surface area contributed by atoms with E-state index in [4.69, 9.17) is 33.0 Å². The fourth-order valence-corrected chi connectivity index (χ4v) is 7.22. The molecule has 0 fully saturated rings. The molecule has 0 spiro atoms. The molecule has 0 radical (unpaired) electrons. The molecule has 2 aliphatic rings. The van der Waals surface area contributed by atoms with E-state index in [-0.39, 0.29) is 34.7 Å². The van der Waals surface area contributed by atoms with Crippen LogP contribution in [0.5, 0.6) is 0 Å². The van der Waals surface area contributed by atoms with Gasteiger partial charge in [0, 0.05) is 75.5 Å². The molecular weight excluding hydrogens is 723 g/mol. The van der Waals surface area contributed by atoms with Crippen LogP contribution in [0.3, 0.4) is 0 Å². The van der Waals surface area contributed by atoms with Gasteiger partial charge in [0.1, 0.15) is 5.60 Å². The Balaban J connectivity index is 1.16. The molecule has 2 aromatic heterocycles. The highest BCUT2D eigenvalue weighted by Gasteiger charge is 2.31. The van der Waals surface area contributed by atoms with Crippen molar-refractivity contribution in [2.24, 2.45) is 14.1 Å². The van der Waals surface area contributed by atoms with E-state index in [1.165, 1.54) is 0 Å². The monoisotopic (exact) mass is 764 g/mol. The van der Waals surface area contributed by atoms with Crippen LogP contribution < -0.4 is 10.6 Å². The van der Waals surface area contributed by atoms with Crippen LogP contribution in [-0.2, 0) is 49.6 Å². The molecule has 0 saturated heterocycles. The number of hydrogen-bond donors (Lipinski definition) is 3. The summed E-state index contributed by atoms with van der Waals surface area (Å²) in [5.41, 5.74) is 4.38. The van der Waals surface area contributed by atoms with Crippen molar-refractivity contribution in [2.45, 2.75) is 65.1 Å². The summed E-state index contributed by atoms with van der Waals surface area (Å²) in [5.74, 6) is -1.32. The van der Waals surface area contributed by atoms with Crippen molar-refractivity contribution in [2.75, 3.05) is 30.3 Å². The Labute approximate surface area is 317 Å². The van der Waals surface area contributed by atoms with Crippen LogP contribution in [0.4, 0.5) is 16.2 Å². The number of nitrogens with one attached hydrogen (secondary N) is 2. The number of amides is 3. The number of ether oxygens (including phenoxy) is 1. The van der Waals surface area contributed by atoms with Gasteiger partial charge in [-0.05, 0) is 45.9 Å². The number of imidazole rings is 2. The second kappa shape index (κ2) is 15.2. The van der Waals surface area contributed by atoms with Gasteiger partial charge in [0.15, 0.2) is 11.6 Å². The molecule has 0 bridgehead atoms. The average Bonchev–Trinajstić information content (AvgIpc) is 3.61. The molecule has 6 rings (SSSR count). The van der Waals surface area contributed by atoms with Crippen LogP contribution in [0.25, 0.3) is 11.1 Å². The summed E-state index contributed by atoms with van der Waals surface area (Å²) in [6.45, 7) is 8.03. The molecule has 4 aromatic rings. The summed E-state index contributed by atoms with van der Waals surface area (Å²) in [6.07, 6.45) is 1.43. The fourth-order valence-electron chi connectivity index (χ4n) is 6.67. The van der Waals surface area contributed by atoms with Crippen LogP contribution in [0, 0.1) is 0 Å². The Kier molecular flexibility index (Phi) is 10.9. The first-order chi connectivity index (χ1) is 25.1. The molecule has 0 unspecified atom stereocenters. The van der Waals surface area contributed by atoms with E-state index in [1.807, 2.05) is 20.8 Å². The number of fused-ring (bicyclic) bond motifs is 2. The Bertz CT molecular complexity index is 2100. The fraction of sp³-hybridized carbons (Fsp3) is 0.405. The zero-order valence-electron chi connectivity index (χ0n) is 30.3. The second-order valence-electron chi connectivity index (χ2n) is 14.2. The molecule has 3 N–H and O–H groups in total. The van der Waals surface area contributed by atoms with Crippen LogP contribution in [0.1, 0.15) is 77.6 Å². The zero-order valence-corrected chi connectivity index (χ0v) is 31.8. The molecule has 14 nitrogen and oxygen atoms in total. The van der Waals surface area contributed by atoms with Gasteiger partial charge < -0.3 is 34.5 Å². The molecule has 0 atom stereocenters. The molecule has 0 saturated carbocycles. The molecule has 16 heteroatoms. The zero-order chi connectivity index (χ0) is 38.2. The molecule has 280 valence electrons. The van der Waals surface area contributed by atoms with E-state index in [0.29, 0.717) is 67.1 Å². The minimum absolute atomic E-state index is 0.106. The first-order valence-corrected chi connectivity index (χ1v) is 18.1. The third-order valence-corrected chi connectivity index (χ3v) is 10.1. The smallest absolute Gasteiger partial charge is 0.410 e. The number of carbonyl (C=O) groups is 4. The van der Waals surface area contributed by atoms with Gasteiger partial charge in [-0.15, -0.1) is 0 Å². The number of aliphatic carboxylic acids is 1. The summed E-state index contributed by atoms with van der Waals surface area (Å²) < 4.78 is 9.04. The number of aromatic nitrogens is 4. The summed E-state index contributed by atoms with van der Waals surface area (Å²) in [5, 5.41) is 15.2. The number of carboxylic acids is 1. The number of hydrogen-bond acceptors (Lipinski definition) is 8. The standard InChI is InChI=1S/C37H42Cl2N8O6/c1-37(2,3)53-36(52)47-18-15-28-26(20-47)41-33(45(28)5)35(51)43-24-12-7-10-22(31(24)39)21-9-6-11-23(30(21)38)42-34(50)32-40-25-19-46(16-8-13-29(48)49)17-14-27(25)44(32)4/h6-7,9-12H,8,13-20H2,1-5H3,(H,42,50)(H,43,51)(H,48,49). The van der Waals surface area contributed by atoms with Gasteiger partial charge in [-0.2, -0.15) is 0 Å². The van der Waals surface area contributed by atoms with Gasteiger partial charge >= 0.3 is 12.1 Å². The molecule has 4 heterocycles. The highest BCUT2D eigenvalue weighted by Crippen LogP contribution is 2.40. The van der Waals surface area contributed by atoms with Crippen LogP contribution in [0.2, 0.25) is 10.0 Å². The summed E-state index contributed by atoms with van der Waals surface area (Å²) >= 11 is 13.8. The van der Waals surface area contributed by atoms with Gasteiger partial charge in [0.2, 0.25) is 0 Å². The highest BCUT2D eigenvalue weighted by atomic mass is 35.5. The van der Waals surface area contributed by atoms with Gasteiger partial charge in [-0.1, -0.05) is 47.5 Å². The third kappa shape index (κ3) is 8.19. The van der Waals surface area contributed by atoms with E-state index < -0.39 is 29.5 Å². The first-order valence-electron chi connectivity index (χ1n) is 17.3. The van der Waals surface area contributed by atoms with Crippen LogP contribution in [-0.4, -0.2) is 83.1 Å². The normalized spacial score (nSPS) is 14.4. The van der Waals surface area contributed by atoms with Crippen molar-refractivity contribution >= 4 is 58.5 Å². The van der Waals surface area contributed by atoms with E-state index >= 15 is 0 Å². The lowest BCUT2D eigenvalue weighted by atomic mass is 10.0. The van der Waals surface area contributed by atoms with Gasteiger partial charge in [-0.3, -0.25) is 19.3 Å². The van der Waals surface area contributed by atoms with Crippen molar-refractivity contribution in [1.82, 2.24) is 28.9 Å². The highest BCUT2D eigenvalue weighted by molar-refractivity contribution is 6.40. The number of carboxylic acid groups (broad SMARTS) is 1. The maximum atomic E-state index is 13.6. The number of anilines is 2. The number of carbonyl (C=O) groups excluding carboxylic acids is 3. The summed E-state index contributed by atoms with van der Waals surface area (Å²) in [4.78, 5) is 63.6. The second-order valence-corrected chi connectivity index (χ2v) is 14.9.